The van der Waals surface area contributed by atoms with E-state index in [4.69, 9.17) is 11.6 Å². The molecule has 1 fully saturated rings. The molecule has 7 heteroatoms. The summed E-state index contributed by atoms with van der Waals surface area (Å²) in [4.78, 5) is 3.76. The van der Waals surface area contributed by atoms with E-state index < -0.39 is 15.6 Å². The average molecular weight is 300 g/mol. The summed E-state index contributed by atoms with van der Waals surface area (Å²) >= 11 is 5.94. The van der Waals surface area contributed by atoms with Gasteiger partial charge in [0.2, 0.25) is 10.0 Å². The number of nitrogens with zero attached hydrogens (tertiary/aromatic N) is 3. The molecule has 0 spiro atoms. The number of nitriles is 1. The zero-order valence-electron chi connectivity index (χ0n) is 10.7. The number of hydrogen-bond acceptors (Lipinski definition) is 4. The lowest BCUT2D eigenvalue weighted by Crippen LogP contribution is -2.48. The lowest BCUT2D eigenvalue weighted by Gasteiger charge is -2.32. The van der Waals surface area contributed by atoms with Crippen LogP contribution in [0, 0.1) is 11.3 Å². The highest BCUT2D eigenvalue weighted by molar-refractivity contribution is 7.89. The van der Waals surface area contributed by atoms with E-state index in [0.717, 1.165) is 12.8 Å². The molecule has 102 valence electrons. The Morgan fingerprint density at radius 2 is 2.16 bits per heavy atom. The highest BCUT2D eigenvalue weighted by Gasteiger charge is 2.47. The van der Waals surface area contributed by atoms with Gasteiger partial charge in [0.1, 0.15) is 10.4 Å². The van der Waals surface area contributed by atoms with Gasteiger partial charge < -0.3 is 0 Å². The first kappa shape index (κ1) is 14.3. The molecule has 0 atom stereocenters. The lowest BCUT2D eigenvalue weighted by molar-refractivity contribution is 0.280. The quantitative estimate of drug-likeness (QED) is 0.854. The Hall–Kier alpha value is -1.16. The van der Waals surface area contributed by atoms with Gasteiger partial charge in [0, 0.05) is 18.4 Å². The molecule has 5 nitrogen and oxygen atoms in total. The predicted octanol–water partition coefficient (Wildman–Crippen LogP) is 2.19. The van der Waals surface area contributed by atoms with Crippen LogP contribution >= 0.6 is 11.6 Å². The summed E-state index contributed by atoms with van der Waals surface area (Å²) in [5, 5.41) is 9.34. The van der Waals surface area contributed by atoms with Crippen molar-refractivity contribution in [3.63, 3.8) is 0 Å². The zero-order chi connectivity index (χ0) is 14.3. The first-order chi connectivity index (χ1) is 8.80. The number of pyridine rings is 1. The molecule has 0 amide bonds. The maximum atomic E-state index is 12.7. The van der Waals surface area contributed by atoms with Gasteiger partial charge in [-0.3, -0.25) is 4.98 Å². The molecule has 19 heavy (non-hydrogen) atoms. The van der Waals surface area contributed by atoms with Crippen LogP contribution < -0.4 is 0 Å². The molecule has 0 unspecified atom stereocenters. The summed E-state index contributed by atoms with van der Waals surface area (Å²) in [5.74, 6) is 0. The van der Waals surface area contributed by atoms with Crippen LogP contribution in [0.25, 0.3) is 0 Å². The van der Waals surface area contributed by atoms with Crippen molar-refractivity contribution in [1.29, 1.82) is 5.26 Å². The van der Waals surface area contributed by atoms with Gasteiger partial charge in [-0.15, -0.1) is 0 Å². The summed E-state index contributed by atoms with van der Waals surface area (Å²) in [6, 6.07) is 3.34. The monoisotopic (exact) mass is 299 g/mol. The largest absolute Gasteiger partial charge is 0.263 e. The van der Waals surface area contributed by atoms with Crippen molar-refractivity contribution in [2.24, 2.45) is 0 Å². The van der Waals surface area contributed by atoms with Crippen LogP contribution in [-0.2, 0) is 10.0 Å². The highest BCUT2D eigenvalue weighted by atomic mass is 35.5. The third kappa shape index (κ3) is 2.59. The molecule has 0 radical (unpaired) electrons. The van der Waals surface area contributed by atoms with Gasteiger partial charge in [-0.05, 0) is 32.8 Å². The third-order valence-electron chi connectivity index (χ3n) is 2.97. The summed E-state index contributed by atoms with van der Waals surface area (Å²) < 4.78 is 26.6. The molecule has 0 saturated heterocycles. The minimum Gasteiger partial charge on any atom is -0.263 e. The fourth-order valence-corrected chi connectivity index (χ4v) is 4.33. The SMILES string of the molecule is CC(C)(C#N)N(C1CC1)S(=O)(=O)c1cnccc1Cl. The van der Waals surface area contributed by atoms with Crippen LogP contribution in [0.2, 0.25) is 5.02 Å². The molecule has 2 rings (SSSR count). The van der Waals surface area contributed by atoms with Crippen molar-refractivity contribution in [3.05, 3.63) is 23.5 Å². The molecule has 0 N–H and O–H groups in total. The van der Waals surface area contributed by atoms with Gasteiger partial charge in [0.15, 0.2) is 0 Å². The fourth-order valence-electron chi connectivity index (χ4n) is 1.97. The lowest BCUT2D eigenvalue weighted by atomic mass is 10.1. The Morgan fingerprint density at radius 3 is 2.63 bits per heavy atom. The summed E-state index contributed by atoms with van der Waals surface area (Å²) in [7, 11) is -3.82. The number of halogens is 1. The Morgan fingerprint density at radius 1 is 1.53 bits per heavy atom. The third-order valence-corrected chi connectivity index (χ3v) is 5.57. The van der Waals surface area contributed by atoms with Crippen molar-refractivity contribution >= 4 is 21.6 Å². The number of sulfonamides is 1. The van der Waals surface area contributed by atoms with Gasteiger partial charge in [0.05, 0.1) is 11.1 Å². The number of aromatic nitrogens is 1. The Kier molecular flexibility index (Phi) is 3.56. The molecule has 1 aliphatic rings. The highest BCUT2D eigenvalue weighted by Crippen LogP contribution is 2.38. The predicted molar refractivity (Wildman–Crippen MR) is 71.0 cm³/mol. The van der Waals surface area contributed by atoms with Gasteiger partial charge in [-0.2, -0.15) is 9.57 Å². The van der Waals surface area contributed by atoms with Crippen LogP contribution in [0.1, 0.15) is 26.7 Å². The second-order valence-corrected chi connectivity index (χ2v) is 7.20. The van der Waals surface area contributed by atoms with E-state index in [0.29, 0.717) is 0 Å². The molecule has 1 aliphatic carbocycles. The molecule has 1 aromatic rings. The standard InChI is InChI=1S/C12H14ClN3O2S/c1-12(2,8-14)16(9-3-4-9)19(17,18)11-7-15-6-5-10(11)13/h5-7,9H,3-4H2,1-2H3. The van der Waals surface area contributed by atoms with Crippen LogP contribution in [0.3, 0.4) is 0 Å². The normalized spacial score (nSPS) is 16.4. The van der Waals surface area contributed by atoms with E-state index in [9.17, 15) is 13.7 Å². The smallest absolute Gasteiger partial charge is 0.247 e. The minimum atomic E-state index is -3.82. The van der Waals surface area contributed by atoms with Crippen molar-refractivity contribution < 1.29 is 8.42 Å². The van der Waals surface area contributed by atoms with E-state index in [1.54, 1.807) is 13.8 Å². The minimum absolute atomic E-state index is 0.0492. The van der Waals surface area contributed by atoms with E-state index >= 15 is 0 Å². The maximum Gasteiger partial charge on any atom is 0.247 e. The summed E-state index contributed by atoms with van der Waals surface area (Å²) in [6.45, 7) is 3.18. The van der Waals surface area contributed by atoms with Crippen molar-refractivity contribution in [2.75, 3.05) is 0 Å². The topological polar surface area (TPSA) is 74.1 Å². The molecule has 1 heterocycles. The molecular formula is C12H14ClN3O2S. The number of rotatable bonds is 4. The van der Waals surface area contributed by atoms with E-state index in [2.05, 4.69) is 4.98 Å². The van der Waals surface area contributed by atoms with Crippen molar-refractivity contribution in [2.45, 2.75) is 43.2 Å². The molecule has 0 aromatic carbocycles. The Bertz CT molecular complexity index is 633. The molecule has 1 saturated carbocycles. The molecular weight excluding hydrogens is 286 g/mol. The summed E-state index contributed by atoms with van der Waals surface area (Å²) in [5.41, 5.74) is -1.11. The first-order valence-corrected chi connectivity index (χ1v) is 7.68. The van der Waals surface area contributed by atoms with Crippen LogP contribution in [-0.4, -0.2) is 29.3 Å². The Balaban J connectivity index is 2.54. The fraction of sp³-hybridized carbons (Fsp3) is 0.500. The molecule has 1 aromatic heterocycles. The van der Waals surface area contributed by atoms with Gasteiger partial charge in [-0.25, -0.2) is 8.42 Å². The van der Waals surface area contributed by atoms with Crippen molar-refractivity contribution in [1.82, 2.24) is 9.29 Å². The molecule has 0 bridgehead atoms. The second-order valence-electron chi connectivity index (χ2n) is 5.01. The average Bonchev–Trinajstić information content (AvgIpc) is 3.13. The van der Waals surface area contributed by atoms with Crippen molar-refractivity contribution in [3.8, 4) is 6.07 Å². The van der Waals surface area contributed by atoms with Gasteiger partial charge in [0.25, 0.3) is 0 Å². The zero-order valence-corrected chi connectivity index (χ0v) is 12.2. The van der Waals surface area contributed by atoms with Crippen LogP contribution in [0.4, 0.5) is 0 Å². The molecule has 0 aliphatic heterocycles. The van der Waals surface area contributed by atoms with Gasteiger partial charge >= 0.3 is 0 Å². The van der Waals surface area contributed by atoms with Gasteiger partial charge in [-0.1, -0.05) is 11.6 Å². The maximum absolute atomic E-state index is 12.7. The Labute approximate surface area is 117 Å². The van der Waals surface area contributed by atoms with E-state index in [-0.39, 0.29) is 16.0 Å². The van der Waals surface area contributed by atoms with E-state index in [1.165, 1.54) is 22.8 Å². The summed E-state index contributed by atoms with van der Waals surface area (Å²) in [6.07, 6.45) is 4.18. The van der Waals surface area contributed by atoms with Crippen LogP contribution in [0.15, 0.2) is 23.4 Å². The number of hydrogen-bond donors (Lipinski definition) is 0. The van der Waals surface area contributed by atoms with E-state index in [1.807, 2.05) is 6.07 Å². The second kappa shape index (κ2) is 4.75. The van der Waals surface area contributed by atoms with Crippen LogP contribution in [0.5, 0.6) is 0 Å². The first-order valence-electron chi connectivity index (χ1n) is 5.86.